The maximum Gasteiger partial charge on any atom is 0.280 e. The van der Waals surface area contributed by atoms with E-state index in [9.17, 15) is 18.0 Å². The fourth-order valence-corrected chi connectivity index (χ4v) is 7.60. The maximum atomic E-state index is 13.8. The lowest BCUT2D eigenvalue weighted by Crippen LogP contribution is -2.35. The largest absolute Gasteiger partial charge is 0.463 e. The first-order chi connectivity index (χ1) is 19.8. The predicted octanol–water partition coefficient (Wildman–Crippen LogP) is 6.02. The summed E-state index contributed by atoms with van der Waals surface area (Å²) in [7, 11) is -3.65. The fourth-order valence-electron chi connectivity index (χ4n) is 4.61. The van der Waals surface area contributed by atoms with Gasteiger partial charge in [0.1, 0.15) is 11.8 Å². The van der Waals surface area contributed by atoms with E-state index >= 15 is 0 Å². The number of carbonyl (C=O) groups excluding carboxylic acids is 1. The van der Waals surface area contributed by atoms with Crippen molar-refractivity contribution < 1.29 is 17.6 Å². The molecule has 6 rings (SSSR count). The van der Waals surface area contributed by atoms with Crippen molar-refractivity contribution in [3.63, 3.8) is 0 Å². The summed E-state index contributed by atoms with van der Waals surface area (Å²) < 4.78 is 34.9. The standard InChI is InChI=1S/C29H23BrN4O5S2/c30-21-10-13-24-26(16-21)40-29(32-24)34(31-17-20-18-39-25-7-3-2-6-23(25)27(20)35)28(36)19-8-11-22(12-9-19)41(37,38)33-14-4-1-5-15-33/h2-3,6-13,16-18H,1,4-5,14-15H2/b31-17+. The number of fused-ring (bicyclic) bond motifs is 2. The highest BCUT2D eigenvalue weighted by molar-refractivity contribution is 9.10. The smallest absolute Gasteiger partial charge is 0.280 e. The van der Waals surface area contributed by atoms with Crippen molar-refractivity contribution in [3.8, 4) is 0 Å². The van der Waals surface area contributed by atoms with E-state index in [0.717, 1.165) is 33.4 Å². The lowest BCUT2D eigenvalue weighted by atomic mass is 10.2. The molecule has 0 aliphatic carbocycles. The van der Waals surface area contributed by atoms with Gasteiger partial charge < -0.3 is 4.42 Å². The number of amides is 1. The monoisotopic (exact) mass is 650 g/mol. The number of rotatable bonds is 6. The molecule has 0 N–H and O–H groups in total. The lowest BCUT2D eigenvalue weighted by Gasteiger charge is -2.25. The van der Waals surface area contributed by atoms with Gasteiger partial charge in [-0.15, -0.1) is 0 Å². The Labute approximate surface area is 247 Å². The van der Waals surface area contributed by atoms with Crippen molar-refractivity contribution in [2.24, 2.45) is 5.10 Å². The highest BCUT2D eigenvalue weighted by Crippen LogP contribution is 2.32. The highest BCUT2D eigenvalue weighted by atomic mass is 79.9. The minimum Gasteiger partial charge on any atom is -0.463 e. The number of nitrogens with zero attached hydrogens (tertiary/aromatic N) is 4. The van der Waals surface area contributed by atoms with Crippen LogP contribution in [0.2, 0.25) is 0 Å². The number of carbonyl (C=O) groups is 1. The van der Waals surface area contributed by atoms with E-state index in [1.54, 1.807) is 24.3 Å². The summed E-state index contributed by atoms with van der Waals surface area (Å²) in [6.45, 7) is 0.976. The Morgan fingerprint density at radius 2 is 1.80 bits per heavy atom. The van der Waals surface area contributed by atoms with Crippen LogP contribution in [0, 0.1) is 0 Å². The zero-order valence-corrected chi connectivity index (χ0v) is 24.8. The Morgan fingerprint density at radius 3 is 2.59 bits per heavy atom. The molecule has 1 aliphatic rings. The number of piperidine rings is 1. The number of halogens is 1. The summed E-state index contributed by atoms with van der Waals surface area (Å²) in [5.41, 5.74) is 1.20. The molecular weight excluding hydrogens is 628 g/mol. The zero-order valence-electron chi connectivity index (χ0n) is 21.6. The molecule has 1 amide bonds. The van der Waals surface area contributed by atoms with Crippen LogP contribution in [0.15, 0.2) is 96.7 Å². The number of anilines is 1. The summed E-state index contributed by atoms with van der Waals surface area (Å²) >= 11 is 4.71. The van der Waals surface area contributed by atoms with E-state index in [1.165, 1.54) is 52.4 Å². The van der Waals surface area contributed by atoms with Gasteiger partial charge in [0, 0.05) is 23.1 Å². The molecule has 41 heavy (non-hydrogen) atoms. The van der Waals surface area contributed by atoms with Crippen LogP contribution in [-0.4, -0.2) is 42.9 Å². The van der Waals surface area contributed by atoms with E-state index in [0.29, 0.717) is 29.6 Å². The summed E-state index contributed by atoms with van der Waals surface area (Å²) in [6.07, 6.45) is 5.24. The molecule has 0 saturated carbocycles. The van der Waals surface area contributed by atoms with Crippen LogP contribution in [0.5, 0.6) is 0 Å². The topological polar surface area (TPSA) is 113 Å². The molecule has 0 bridgehead atoms. The molecule has 3 aromatic carbocycles. The number of para-hydroxylation sites is 1. The summed E-state index contributed by atoms with van der Waals surface area (Å²) in [4.78, 5) is 31.5. The van der Waals surface area contributed by atoms with Crippen molar-refractivity contribution >= 4 is 75.7 Å². The van der Waals surface area contributed by atoms with Gasteiger partial charge in [0.15, 0.2) is 0 Å². The first-order valence-corrected chi connectivity index (χ1v) is 15.9. The second kappa shape index (κ2) is 11.3. The molecule has 208 valence electrons. The van der Waals surface area contributed by atoms with Gasteiger partial charge >= 0.3 is 0 Å². The Balaban J connectivity index is 1.37. The van der Waals surface area contributed by atoms with E-state index in [1.807, 2.05) is 18.2 Å². The number of hydrogen-bond donors (Lipinski definition) is 0. The van der Waals surface area contributed by atoms with Gasteiger partial charge in [0.2, 0.25) is 20.6 Å². The number of hydrogen-bond acceptors (Lipinski definition) is 8. The highest BCUT2D eigenvalue weighted by Gasteiger charge is 2.27. The van der Waals surface area contributed by atoms with Crippen molar-refractivity contribution in [1.82, 2.24) is 9.29 Å². The Kier molecular flexibility index (Phi) is 7.56. The second-order valence-electron chi connectivity index (χ2n) is 9.48. The number of sulfonamides is 1. The quantitative estimate of drug-likeness (QED) is 0.164. The summed E-state index contributed by atoms with van der Waals surface area (Å²) in [5, 5.41) is 6.17. The van der Waals surface area contributed by atoms with E-state index in [-0.39, 0.29) is 26.6 Å². The number of thiazole rings is 1. The van der Waals surface area contributed by atoms with Crippen LogP contribution >= 0.6 is 27.3 Å². The number of benzene rings is 3. The second-order valence-corrected chi connectivity index (χ2v) is 13.3. The summed E-state index contributed by atoms with van der Waals surface area (Å²) in [6, 6.07) is 18.2. The van der Waals surface area contributed by atoms with Gasteiger partial charge in [-0.2, -0.15) is 14.4 Å². The molecule has 0 atom stereocenters. The minimum atomic E-state index is -3.65. The molecule has 1 aliphatic heterocycles. The van der Waals surface area contributed by atoms with Crippen LogP contribution in [0.1, 0.15) is 35.2 Å². The molecule has 0 spiro atoms. The van der Waals surface area contributed by atoms with Gasteiger partial charge in [0.25, 0.3) is 5.91 Å². The van der Waals surface area contributed by atoms with Crippen molar-refractivity contribution in [2.45, 2.75) is 24.2 Å². The van der Waals surface area contributed by atoms with Gasteiger partial charge in [-0.25, -0.2) is 13.4 Å². The van der Waals surface area contributed by atoms with Crippen LogP contribution in [-0.2, 0) is 10.0 Å². The van der Waals surface area contributed by atoms with Gasteiger partial charge in [-0.05, 0) is 67.4 Å². The lowest BCUT2D eigenvalue weighted by molar-refractivity contribution is 0.0987. The first-order valence-electron chi connectivity index (χ1n) is 12.9. The molecule has 2 aromatic heterocycles. The van der Waals surface area contributed by atoms with Crippen LogP contribution in [0.25, 0.3) is 21.2 Å². The van der Waals surface area contributed by atoms with Gasteiger partial charge in [-0.3, -0.25) is 9.59 Å². The van der Waals surface area contributed by atoms with E-state index in [4.69, 9.17) is 4.42 Å². The maximum absolute atomic E-state index is 13.8. The van der Waals surface area contributed by atoms with Crippen LogP contribution in [0.4, 0.5) is 5.13 Å². The van der Waals surface area contributed by atoms with Gasteiger partial charge in [-0.1, -0.05) is 45.8 Å². The predicted molar refractivity (Wildman–Crippen MR) is 163 cm³/mol. The van der Waals surface area contributed by atoms with Crippen molar-refractivity contribution in [2.75, 3.05) is 18.1 Å². The number of aromatic nitrogens is 1. The van der Waals surface area contributed by atoms with Gasteiger partial charge in [0.05, 0.1) is 32.3 Å². The zero-order chi connectivity index (χ0) is 28.6. The third-order valence-corrected chi connectivity index (χ3v) is 10.2. The molecule has 0 radical (unpaired) electrons. The summed E-state index contributed by atoms with van der Waals surface area (Å²) in [5.74, 6) is -0.536. The molecule has 1 saturated heterocycles. The average Bonchev–Trinajstić information content (AvgIpc) is 3.41. The average molecular weight is 652 g/mol. The Hall–Kier alpha value is -3.71. The van der Waals surface area contributed by atoms with Crippen LogP contribution < -0.4 is 10.4 Å². The molecule has 5 aromatic rings. The molecule has 12 heteroatoms. The minimum absolute atomic E-state index is 0.129. The fraction of sp³-hybridized carbons (Fsp3) is 0.172. The normalized spacial score (nSPS) is 14.7. The molecule has 0 unspecified atom stereocenters. The molecular formula is C29H23BrN4O5S2. The van der Waals surface area contributed by atoms with Crippen LogP contribution in [0.3, 0.4) is 0 Å². The first kappa shape index (κ1) is 27.5. The molecule has 1 fully saturated rings. The Morgan fingerprint density at radius 1 is 1.05 bits per heavy atom. The van der Waals surface area contributed by atoms with E-state index in [2.05, 4.69) is 26.0 Å². The number of hydrazone groups is 1. The third kappa shape index (κ3) is 5.47. The molecule has 3 heterocycles. The van der Waals surface area contributed by atoms with E-state index < -0.39 is 15.9 Å². The van der Waals surface area contributed by atoms with Crippen molar-refractivity contribution in [1.29, 1.82) is 0 Å². The Bertz CT molecular complexity index is 1960. The van der Waals surface area contributed by atoms with Crippen molar-refractivity contribution in [3.05, 3.63) is 98.8 Å². The third-order valence-electron chi connectivity index (χ3n) is 6.79. The SMILES string of the molecule is O=C(c1ccc(S(=O)(=O)N2CCCCC2)cc1)N(/N=C/c1coc2ccccc2c1=O)c1nc2ccc(Br)cc2s1. The molecule has 9 nitrogen and oxygen atoms in total.